The molecule has 0 saturated heterocycles. The second-order valence-corrected chi connectivity index (χ2v) is 10.1. The third kappa shape index (κ3) is 6.78. The molecule has 2 aliphatic rings. The molecule has 0 bridgehead atoms. The number of aliphatic hydroxyl groups is 1. The minimum atomic E-state index is 0.171. The molecule has 0 fully saturated rings. The van der Waals surface area contributed by atoms with Crippen LogP contribution in [0.1, 0.15) is 51.2 Å². The van der Waals surface area contributed by atoms with Crippen LogP contribution in [0.25, 0.3) is 23.8 Å². The fourth-order valence-corrected chi connectivity index (χ4v) is 5.54. The first-order valence-electron chi connectivity index (χ1n) is 14.4. The highest BCUT2D eigenvalue weighted by molar-refractivity contribution is 5.89. The van der Waals surface area contributed by atoms with Crippen LogP contribution in [-0.2, 0) is 0 Å². The molecular weight excluding hydrogens is 498 g/mol. The number of anilines is 1. The molecule has 1 atom stereocenters. The van der Waals surface area contributed by atoms with Crippen LogP contribution in [0.5, 0.6) is 0 Å². The van der Waals surface area contributed by atoms with Gasteiger partial charge < -0.3 is 10.0 Å². The number of nitrogens with zero attached hydrogens (tertiary/aromatic N) is 1. The van der Waals surface area contributed by atoms with Crippen LogP contribution in [0.15, 0.2) is 139 Å². The fourth-order valence-electron chi connectivity index (χ4n) is 5.54. The summed E-state index contributed by atoms with van der Waals surface area (Å²) in [6.45, 7) is 14.3. The Morgan fingerprint density at radius 1 is 0.951 bits per heavy atom. The van der Waals surface area contributed by atoms with E-state index in [0.717, 1.165) is 47.2 Å². The number of hydrogen-bond acceptors (Lipinski definition) is 2. The molecule has 2 nitrogen and oxygen atoms in total. The number of allylic oxidation sites excluding steroid dienone is 13. The maximum atomic E-state index is 11.1. The summed E-state index contributed by atoms with van der Waals surface area (Å²) in [5, 5.41) is 13.7. The van der Waals surface area contributed by atoms with Gasteiger partial charge in [0.1, 0.15) is 5.76 Å². The molecule has 208 valence electrons. The summed E-state index contributed by atoms with van der Waals surface area (Å²) in [4.78, 5) is 2.46. The Kier molecular flexibility index (Phi) is 10.2. The van der Waals surface area contributed by atoms with Crippen molar-refractivity contribution in [3.8, 4) is 0 Å². The summed E-state index contributed by atoms with van der Waals surface area (Å²) in [5.41, 5.74) is 6.64. The fraction of sp³-hybridized carbons (Fsp3) is 0.179. The second kappa shape index (κ2) is 14.2. The maximum Gasteiger partial charge on any atom is 0.123 e. The van der Waals surface area contributed by atoms with Gasteiger partial charge in [-0.3, -0.25) is 0 Å². The summed E-state index contributed by atoms with van der Waals surface area (Å²) in [7, 11) is 0. The molecule has 0 aliphatic heterocycles. The average molecular weight is 540 g/mol. The third-order valence-electron chi connectivity index (χ3n) is 7.33. The highest BCUT2D eigenvalue weighted by Crippen LogP contribution is 2.37. The van der Waals surface area contributed by atoms with Crippen LogP contribution in [-0.4, -0.2) is 11.1 Å². The van der Waals surface area contributed by atoms with Crippen LogP contribution in [0, 0.1) is 0 Å². The largest absolute Gasteiger partial charge is 0.507 e. The van der Waals surface area contributed by atoms with Crippen LogP contribution >= 0.6 is 0 Å². The van der Waals surface area contributed by atoms with E-state index in [-0.39, 0.29) is 11.8 Å². The van der Waals surface area contributed by atoms with Crippen molar-refractivity contribution in [2.45, 2.75) is 46.1 Å². The minimum Gasteiger partial charge on any atom is -0.507 e. The van der Waals surface area contributed by atoms with E-state index < -0.39 is 0 Å². The Bertz CT molecular complexity index is 1630. The van der Waals surface area contributed by atoms with Crippen molar-refractivity contribution in [3.05, 3.63) is 161 Å². The number of aliphatic hydroxyl groups excluding tert-OH is 1. The minimum absolute atomic E-state index is 0.171. The molecule has 0 amide bonds. The predicted octanol–water partition coefficient (Wildman–Crippen LogP) is 8.88. The van der Waals surface area contributed by atoms with Crippen LogP contribution < -0.4 is 15.3 Å². The van der Waals surface area contributed by atoms with Crippen LogP contribution in [0.3, 0.4) is 0 Å². The van der Waals surface area contributed by atoms with Crippen molar-refractivity contribution in [2.75, 3.05) is 4.90 Å². The first kappa shape index (κ1) is 29.4. The SMILES string of the molecule is C=C/C=C(\C=C/C)C(/C(=C)c1ccc(N(C2=CCCC=C2)C2C=c3ccccc3=CC2)cc1/C=C\C)=C(O)\C=C/C. The molecule has 2 aliphatic carbocycles. The highest BCUT2D eigenvalue weighted by atomic mass is 16.3. The standard InChI is InChI=1S/C39H41NO/c1-6-15-31(16-7-2)39(38(41)18-9-4)29(5)37-26-25-36(28-33(37)17-8-3)40(34-21-11-10-12-22-34)35-24-23-30-19-13-14-20-32(30)27-35/h6-9,11,13-23,25-28,35,41H,1,5,10,12,24H2,2-4H3/b16-7-,17-8-,18-9-,31-15+,39-38+. The van der Waals surface area contributed by atoms with E-state index in [1.807, 2.05) is 45.1 Å². The first-order chi connectivity index (χ1) is 20.0. The van der Waals surface area contributed by atoms with E-state index in [1.54, 1.807) is 12.2 Å². The van der Waals surface area contributed by atoms with Crippen LogP contribution in [0.2, 0.25) is 0 Å². The van der Waals surface area contributed by atoms with Crippen molar-refractivity contribution < 1.29 is 5.11 Å². The molecule has 0 heterocycles. The summed E-state index contributed by atoms with van der Waals surface area (Å²) < 4.78 is 0. The van der Waals surface area contributed by atoms with E-state index in [1.165, 1.54) is 16.1 Å². The molecule has 0 saturated carbocycles. The van der Waals surface area contributed by atoms with Crippen LogP contribution in [0.4, 0.5) is 5.69 Å². The lowest BCUT2D eigenvalue weighted by atomic mass is 9.88. The molecule has 0 radical (unpaired) electrons. The molecule has 41 heavy (non-hydrogen) atoms. The van der Waals surface area contributed by atoms with Gasteiger partial charge in [0.15, 0.2) is 0 Å². The molecule has 0 aromatic heterocycles. The molecular formula is C39H41NO. The number of hydrogen-bond donors (Lipinski definition) is 1. The average Bonchev–Trinajstić information content (AvgIpc) is 2.98. The van der Waals surface area contributed by atoms with Gasteiger partial charge in [0.25, 0.3) is 0 Å². The van der Waals surface area contributed by atoms with Gasteiger partial charge in [0, 0.05) is 17.0 Å². The van der Waals surface area contributed by atoms with E-state index in [4.69, 9.17) is 0 Å². The van der Waals surface area contributed by atoms with Gasteiger partial charge in [-0.2, -0.15) is 0 Å². The summed E-state index contributed by atoms with van der Waals surface area (Å²) in [5.74, 6) is 0.171. The Balaban J connectivity index is 1.86. The topological polar surface area (TPSA) is 23.5 Å². The monoisotopic (exact) mass is 539 g/mol. The molecule has 2 heteroatoms. The Morgan fingerprint density at radius 3 is 2.41 bits per heavy atom. The molecule has 0 spiro atoms. The normalized spacial score (nSPS) is 17.6. The van der Waals surface area contributed by atoms with Gasteiger partial charge in [0.2, 0.25) is 0 Å². The maximum absolute atomic E-state index is 11.1. The first-order valence-corrected chi connectivity index (χ1v) is 14.4. The number of rotatable bonds is 10. The van der Waals surface area contributed by atoms with E-state index in [0.29, 0.717) is 5.57 Å². The van der Waals surface area contributed by atoms with Crippen molar-refractivity contribution >= 4 is 29.5 Å². The van der Waals surface area contributed by atoms with E-state index >= 15 is 0 Å². The number of fused-ring (bicyclic) bond motifs is 1. The lowest BCUT2D eigenvalue weighted by Gasteiger charge is -2.35. The Labute approximate surface area is 245 Å². The van der Waals surface area contributed by atoms with Gasteiger partial charge in [-0.05, 0) is 97.0 Å². The molecule has 2 aromatic rings. The molecule has 4 rings (SSSR count). The Hall–Kier alpha value is -4.56. The molecule has 2 aromatic carbocycles. The lowest BCUT2D eigenvalue weighted by Crippen LogP contribution is -2.39. The van der Waals surface area contributed by atoms with Crippen molar-refractivity contribution in [3.63, 3.8) is 0 Å². The van der Waals surface area contributed by atoms with Crippen molar-refractivity contribution in [2.24, 2.45) is 0 Å². The summed E-state index contributed by atoms with van der Waals surface area (Å²) in [6.07, 6.45) is 29.9. The van der Waals surface area contributed by atoms with E-state index in [9.17, 15) is 5.11 Å². The zero-order chi connectivity index (χ0) is 29.2. The van der Waals surface area contributed by atoms with Gasteiger partial charge in [-0.15, -0.1) is 0 Å². The number of benzene rings is 2. The van der Waals surface area contributed by atoms with E-state index in [2.05, 4.69) is 103 Å². The van der Waals surface area contributed by atoms with Gasteiger partial charge >= 0.3 is 0 Å². The molecule has 1 N–H and O–H groups in total. The smallest absolute Gasteiger partial charge is 0.123 e. The van der Waals surface area contributed by atoms with Crippen molar-refractivity contribution in [1.29, 1.82) is 0 Å². The van der Waals surface area contributed by atoms with Crippen molar-refractivity contribution in [1.82, 2.24) is 0 Å². The van der Waals surface area contributed by atoms with Gasteiger partial charge in [0.05, 0.1) is 6.04 Å². The quantitative estimate of drug-likeness (QED) is 0.241. The second-order valence-electron chi connectivity index (χ2n) is 10.1. The predicted molar refractivity (Wildman–Crippen MR) is 180 cm³/mol. The third-order valence-corrected chi connectivity index (χ3v) is 7.33. The van der Waals surface area contributed by atoms with Gasteiger partial charge in [-0.1, -0.05) is 110 Å². The highest BCUT2D eigenvalue weighted by Gasteiger charge is 2.23. The summed E-state index contributed by atoms with van der Waals surface area (Å²) >= 11 is 0. The summed E-state index contributed by atoms with van der Waals surface area (Å²) in [6, 6.07) is 15.4. The zero-order valence-electron chi connectivity index (χ0n) is 24.6. The Morgan fingerprint density at radius 2 is 1.73 bits per heavy atom. The lowest BCUT2D eigenvalue weighted by molar-refractivity contribution is 0.429. The molecule has 1 unspecified atom stereocenters. The zero-order valence-corrected chi connectivity index (χ0v) is 24.6. The van der Waals surface area contributed by atoms with Gasteiger partial charge in [-0.25, -0.2) is 0 Å².